The average Bonchev–Trinajstić information content (AvgIpc) is 2.27. The minimum Gasteiger partial charge on any atom is -0.481 e. The lowest BCUT2D eigenvalue weighted by Gasteiger charge is -2.17. The molecule has 0 aromatic carbocycles. The van der Waals surface area contributed by atoms with E-state index in [1.54, 1.807) is 19.9 Å². The summed E-state index contributed by atoms with van der Waals surface area (Å²) in [6.45, 7) is 3.27. The van der Waals surface area contributed by atoms with Crippen LogP contribution in [0.5, 0.6) is 0 Å². The molecule has 0 aliphatic heterocycles. The van der Waals surface area contributed by atoms with Crippen LogP contribution in [-0.4, -0.2) is 32.9 Å². The minimum absolute atomic E-state index is 0.117. The van der Waals surface area contributed by atoms with Crippen LogP contribution < -0.4 is 0 Å². The topological polar surface area (TPSA) is 87.5 Å². The van der Waals surface area contributed by atoms with Crippen molar-refractivity contribution in [2.24, 2.45) is 5.41 Å². The number of aromatic carboxylic acids is 1. The summed E-state index contributed by atoms with van der Waals surface area (Å²) in [6, 6.07) is 3.03. The first-order chi connectivity index (χ1) is 7.83. The molecule has 1 rings (SSSR count). The van der Waals surface area contributed by atoms with Gasteiger partial charge in [0.05, 0.1) is 16.0 Å². The molecule has 0 saturated carbocycles. The molecular weight excluding hydrogens is 242 g/mol. The van der Waals surface area contributed by atoms with E-state index in [0.717, 1.165) is 0 Å². The van der Waals surface area contributed by atoms with Gasteiger partial charge in [-0.2, -0.15) is 0 Å². The summed E-state index contributed by atoms with van der Waals surface area (Å²) in [4.78, 5) is 25.4. The van der Waals surface area contributed by atoms with Crippen molar-refractivity contribution in [3.05, 3.63) is 23.9 Å². The highest BCUT2D eigenvalue weighted by atomic mass is 32.2. The van der Waals surface area contributed by atoms with E-state index in [1.165, 1.54) is 24.0 Å². The van der Waals surface area contributed by atoms with Crippen molar-refractivity contribution in [1.82, 2.24) is 4.98 Å². The van der Waals surface area contributed by atoms with Gasteiger partial charge in [0, 0.05) is 11.9 Å². The first-order valence-corrected chi connectivity index (χ1v) is 5.87. The molecule has 0 spiro atoms. The average molecular weight is 255 g/mol. The van der Waals surface area contributed by atoms with Crippen LogP contribution in [0.15, 0.2) is 23.4 Å². The Morgan fingerprint density at radius 1 is 1.35 bits per heavy atom. The quantitative estimate of drug-likeness (QED) is 0.782. The van der Waals surface area contributed by atoms with Crippen molar-refractivity contribution in [3.63, 3.8) is 0 Å². The van der Waals surface area contributed by atoms with Crippen LogP contribution in [0.25, 0.3) is 0 Å². The standard InChI is InChI=1S/C11H13NO4S/c1-11(2,10(15)16)6-17-8-4-3-7(5-12-8)9(13)14/h3-5H,6H2,1-2H3,(H,13,14)(H,15,16). The van der Waals surface area contributed by atoms with Crippen molar-refractivity contribution >= 4 is 23.7 Å². The van der Waals surface area contributed by atoms with Crippen molar-refractivity contribution in [1.29, 1.82) is 0 Å². The van der Waals surface area contributed by atoms with Gasteiger partial charge < -0.3 is 10.2 Å². The molecule has 0 aliphatic carbocycles. The van der Waals surface area contributed by atoms with E-state index in [-0.39, 0.29) is 5.56 Å². The summed E-state index contributed by atoms with van der Waals surface area (Å²) in [7, 11) is 0. The molecule has 0 aliphatic rings. The number of rotatable bonds is 5. The van der Waals surface area contributed by atoms with Gasteiger partial charge in [0.1, 0.15) is 0 Å². The SMILES string of the molecule is CC(C)(CSc1ccc(C(=O)O)cn1)C(=O)O. The summed E-state index contributed by atoms with van der Waals surface area (Å²) < 4.78 is 0. The molecule has 0 amide bonds. The zero-order valence-corrected chi connectivity index (χ0v) is 10.3. The van der Waals surface area contributed by atoms with E-state index in [0.29, 0.717) is 10.8 Å². The molecule has 1 heterocycles. The van der Waals surface area contributed by atoms with Gasteiger partial charge in [-0.05, 0) is 26.0 Å². The molecular formula is C11H13NO4S. The third-order valence-corrected chi connectivity index (χ3v) is 3.55. The molecule has 0 saturated heterocycles. The van der Waals surface area contributed by atoms with Gasteiger partial charge >= 0.3 is 11.9 Å². The Kier molecular flexibility index (Phi) is 4.11. The lowest BCUT2D eigenvalue weighted by atomic mass is 9.97. The Hall–Kier alpha value is -1.56. The van der Waals surface area contributed by atoms with Crippen LogP contribution in [0.1, 0.15) is 24.2 Å². The van der Waals surface area contributed by atoms with Crippen LogP contribution >= 0.6 is 11.8 Å². The molecule has 0 bridgehead atoms. The predicted molar refractivity (Wildman–Crippen MR) is 63.3 cm³/mol. The summed E-state index contributed by atoms with van der Waals surface area (Å²) in [5.41, 5.74) is -0.718. The maximum atomic E-state index is 10.9. The van der Waals surface area contributed by atoms with Gasteiger partial charge in [-0.3, -0.25) is 4.79 Å². The van der Waals surface area contributed by atoms with Crippen LogP contribution in [0.2, 0.25) is 0 Å². The molecule has 0 radical (unpaired) electrons. The number of nitrogens with zero attached hydrogens (tertiary/aromatic N) is 1. The summed E-state index contributed by atoms with van der Waals surface area (Å²) in [5.74, 6) is -1.52. The zero-order valence-electron chi connectivity index (χ0n) is 9.51. The monoisotopic (exact) mass is 255 g/mol. The van der Waals surface area contributed by atoms with Crippen LogP contribution in [0.4, 0.5) is 0 Å². The summed E-state index contributed by atoms with van der Waals surface area (Å²) >= 11 is 1.29. The summed E-state index contributed by atoms with van der Waals surface area (Å²) in [6.07, 6.45) is 1.26. The van der Waals surface area contributed by atoms with E-state index in [1.807, 2.05) is 0 Å². The lowest BCUT2D eigenvalue weighted by Crippen LogP contribution is -2.26. The Morgan fingerprint density at radius 3 is 2.41 bits per heavy atom. The highest BCUT2D eigenvalue weighted by Gasteiger charge is 2.27. The smallest absolute Gasteiger partial charge is 0.337 e. The van der Waals surface area contributed by atoms with Crippen molar-refractivity contribution in [2.45, 2.75) is 18.9 Å². The number of carboxylic acids is 2. The second kappa shape index (κ2) is 5.18. The molecule has 17 heavy (non-hydrogen) atoms. The number of hydrogen-bond acceptors (Lipinski definition) is 4. The number of aromatic nitrogens is 1. The maximum absolute atomic E-state index is 10.9. The number of pyridine rings is 1. The minimum atomic E-state index is -1.03. The molecule has 1 aromatic heterocycles. The number of carboxylic acid groups (broad SMARTS) is 2. The third kappa shape index (κ3) is 3.74. The Morgan fingerprint density at radius 2 is 2.00 bits per heavy atom. The van der Waals surface area contributed by atoms with Crippen molar-refractivity contribution in [3.8, 4) is 0 Å². The fraction of sp³-hybridized carbons (Fsp3) is 0.364. The van der Waals surface area contributed by atoms with Gasteiger partial charge in [-0.15, -0.1) is 11.8 Å². The Labute approximate surface area is 103 Å². The number of carbonyl (C=O) groups is 2. The highest BCUT2D eigenvalue weighted by molar-refractivity contribution is 7.99. The number of aliphatic carboxylic acids is 1. The van der Waals surface area contributed by atoms with Gasteiger partial charge in [-0.1, -0.05) is 0 Å². The van der Waals surface area contributed by atoms with E-state index < -0.39 is 17.4 Å². The van der Waals surface area contributed by atoms with Gasteiger partial charge in [-0.25, -0.2) is 9.78 Å². The fourth-order valence-corrected chi connectivity index (χ4v) is 1.83. The Bertz CT molecular complexity index is 428. The predicted octanol–water partition coefficient (Wildman–Crippen LogP) is 1.98. The molecule has 92 valence electrons. The van der Waals surface area contributed by atoms with Crippen molar-refractivity contribution in [2.75, 3.05) is 5.75 Å². The molecule has 0 fully saturated rings. The first kappa shape index (κ1) is 13.5. The zero-order chi connectivity index (χ0) is 13.1. The molecule has 6 heteroatoms. The lowest BCUT2D eigenvalue weighted by molar-refractivity contribution is -0.145. The van der Waals surface area contributed by atoms with Crippen LogP contribution in [0, 0.1) is 5.41 Å². The van der Waals surface area contributed by atoms with Gasteiger partial charge in [0.25, 0.3) is 0 Å². The van der Waals surface area contributed by atoms with Crippen LogP contribution in [-0.2, 0) is 4.79 Å². The molecule has 2 N–H and O–H groups in total. The largest absolute Gasteiger partial charge is 0.481 e. The van der Waals surface area contributed by atoms with E-state index >= 15 is 0 Å². The van der Waals surface area contributed by atoms with Gasteiger partial charge in [0.15, 0.2) is 0 Å². The normalized spacial score (nSPS) is 11.2. The first-order valence-electron chi connectivity index (χ1n) is 4.88. The fourth-order valence-electron chi connectivity index (χ4n) is 0.908. The maximum Gasteiger partial charge on any atom is 0.337 e. The van der Waals surface area contributed by atoms with E-state index in [4.69, 9.17) is 10.2 Å². The molecule has 5 nitrogen and oxygen atoms in total. The number of hydrogen-bond donors (Lipinski definition) is 2. The van der Waals surface area contributed by atoms with Gasteiger partial charge in [0.2, 0.25) is 0 Å². The van der Waals surface area contributed by atoms with Crippen molar-refractivity contribution < 1.29 is 19.8 Å². The van der Waals surface area contributed by atoms with E-state index in [2.05, 4.69) is 4.98 Å². The molecule has 0 atom stereocenters. The van der Waals surface area contributed by atoms with E-state index in [9.17, 15) is 9.59 Å². The second-order valence-corrected chi connectivity index (χ2v) is 5.16. The second-order valence-electron chi connectivity index (χ2n) is 4.17. The third-order valence-electron chi connectivity index (χ3n) is 2.14. The molecule has 1 aromatic rings. The molecule has 0 unspecified atom stereocenters. The highest BCUT2D eigenvalue weighted by Crippen LogP contribution is 2.26. The number of thioether (sulfide) groups is 1. The Balaban J connectivity index is 2.65. The summed E-state index contributed by atoms with van der Waals surface area (Å²) in [5, 5.41) is 18.2. The van der Waals surface area contributed by atoms with Crippen LogP contribution in [0.3, 0.4) is 0 Å².